The molecule has 0 radical (unpaired) electrons. The van der Waals surface area contributed by atoms with Gasteiger partial charge in [0.25, 0.3) is 0 Å². The number of aryl methyl sites for hydroxylation is 2. The summed E-state index contributed by atoms with van der Waals surface area (Å²) in [4.78, 5) is 29.0. The number of hydrogen-bond acceptors (Lipinski definition) is 4. The van der Waals surface area contributed by atoms with Crippen molar-refractivity contribution in [3.05, 3.63) is 52.9 Å². The van der Waals surface area contributed by atoms with Gasteiger partial charge in [-0.2, -0.15) is 0 Å². The van der Waals surface area contributed by atoms with Crippen LogP contribution in [0.5, 0.6) is 0 Å². The summed E-state index contributed by atoms with van der Waals surface area (Å²) < 4.78 is 5.18. The van der Waals surface area contributed by atoms with Crippen molar-refractivity contribution in [2.45, 2.75) is 33.2 Å². The van der Waals surface area contributed by atoms with E-state index in [-0.39, 0.29) is 23.8 Å². The van der Waals surface area contributed by atoms with Crippen molar-refractivity contribution in [1.29, 1.82) is 0 Å². The minimum absolute atomic E-state index is 0.0468. The molecule has 142 valence electrons. The topological polar surface area (TPSA) is 66.7 Å². The number of nitrogens with zero attached hydrogens (tertiary/aromatic N) is 3. The number of carbonyl (C=O) groups excluding carboxylic acids is 2. The van der Waals surface area contributed by atoms with Gasteiger partial charge >= 0.3 is 0 Å². The Morgan fingerprint density at radius 1 is 1.15 bits per heavy atom. The van der Waals surface area contributed by atoms with E-state index >= 15 is 0 Å². The molecule has 3 heterocycles. The number of amides is 2. The van der Waals surface area contributed by atoms with Crippen LogP contribution in [-0.2, 0) is 16.0 Å². The SMILES string of the molecule is CC(=O)N1C[C@H]2CN(C(=O)Cc3c(C)noc3C)C[C@H]2[C@@H]1c1ccccc1. The summed E-state index contributed by atoms with van der Waals surface area (Å²) in [6, 6.07) is 10.2. The van der Waals surface area contributed by atoms with Gasteiger partial charge in [0.1, 0.15) is 5.76 Å². The van der Waals surface area contributed by atoms with E-state index in [1.807, 2.05) is 41.8 Å². The molecule has 6 heteroatoms. The predicted octanol–water partition coefficient (Wildman–Crippen LogP) is 2.51. The summed E-state index contributed by atoms with van der Waals surface area (Å²) in [5.74, 6) is 1.54. The average molecular weight is 367 g/mol. The van der Waals surface area contributed by atoms with Crippen LogP contribution in [0.2, 0.25) is 0 Å². The molecule has 2 aromatic rings. The van der Waals surface area contributed by atoms with Crippen LogP contribution in [0.3, 0.4) is 0 Å². The number of fused-ring (bicyclic) bond motifs is 1. The van der Waals surface area contributed by atoms with E-state index in [1.165, 1.54) is 0 Å². The molecule has 0 N–H and O–H groups in total. The van der Waals surface area contributed by atoms with Crippen molar-refractivity contribution in [1.82, 2.24) is 15.0 Å². The third kappa shape index (κ3) is 3.13. The third-order valence-electron chi connectivity index (χ3n) is 6.07. The molecule has 4 rings (SSSR count). The molecule has 0 aliphatic carbocycles. The van der Waals surface area contributed by atoms with Crippen LogP contribution in [0, 0.1) is 25.7 Å². The summed E-state index contributed by atoms with van der Waals surface area (Å²) in [6.07, 6.45) is 0.326. The lowest BCUT2D eigenvalue weighted by Crippen LogP contribution is -2.37. The van der Waals surface area contributed by atoms with Crippen molar-refractivity contribution in [3.8, 4) is 0 Å². The number of rotatable bonds is 3. The first-order chi connectivity index (χ1) is 13.0. The van der Waals surface area contributed by atoms with Gasteiger partial charge in [-0.25, -0.2) is 0 Å². The molecule has 0 spiro atoms. The van der Waals surface area contributed by atoms with Crippen molar-refractivity contribution in [2.75, 3.05) is 19.6 Å². The summed E-state index contributed by atoms with van der Waals surface area (Å²) in [7, 11) is 0. The average Bonchev–Trinajstić information content (AvgIpc) is 3.30. The Balaban J connectivity index is 1.53. The zero-order valence-electron chi connectivity index (χ0n) is 16.0. The van der Waals surface area contributed by atoms with Crippen LogP contribution < -0.4 is 0 Å². The van der Waals surface area contributed by atoms with Gasteiger partial charge in [-0.15, -0.1) is 0 Å². The summed E-state index contributed by atoms with van der Waals surface area (Å²) in [5, 5.41) is 3.94. The van der Waals surface area contributed by atoms with Crippen LogP contribution in [-0.4, -0.2) is 46.4 Å². The lowest BCUT2D eigenvalue weighted by Gasteiger charge is -2.29. The first kappa shape index (κ1) is 17.8. The van der Waals surface area contributed by atoms with Crippen LogP contribution in [0.25, 0.3) is 0 Å². The Labute approximate surface area is 159 Å². The zero-order valence-corrected chi connectivity index (χ0v) is 16.0. The van der Waals surface area contributed by atoms with E-state index in [0.29, 0.717) is 37.7 Å². The number of benzene rings is 1. The molecule has 27 heavy (non-hydrogen) atoms. The van der Waals surface area contributed by atoms with Gasteiger partial charge in [-0.1, -0.05) is 35.5 Å². The van der Waals surface area contributed by atoms with Crippen molar-refractivity contribution < 1.29 is 14.1 Å². The number of carbonyl (C=O) groups is 2. The van der Waals surface area contributed by atoms with Gasteiger partial charge in [0.05, 0.1) is 18.2 Å². The fourth-order valence-electron chi connectivity index (χ4n) is 4.67. The van der Waals surface area contributed by atoms with Gasteiger partial charge < -0.3 is 14.3 Å². The molecule has 3 atom stereocenters. The Morgan fingerprint density at radius 2 is 1.89 bits per heavy atom. The maximum Gasteiger partial charge on any atom is 0.227 e. The standard InChI is InChI=1S/C21H25N3O3/c1-13-18(14(2)27-22-13)9-20(26)23-10-17-11-24(15(3)25)21(19(17)12-23)16-7-5-4-6-8-16/h4-8,17,19,21H,9-12H2,1-3H3/t17-,19-,21+/m1/s1. The van der Waals surface area contributed by atoms with E-state index in [9.17, 15) is 9.59 Å². The first-order valence-corrected chi connectivity index (χ1v) is 9.47. The fourth-order valence-corrected chi connectivity index (χ4v) is 4.67. The molecule has 1 aromatic heterocycles. The Bertz CT molecular complexity index is 841. The number of likely N-dealkylation sites (tertiary alicyclic amines) is 2. The van der Waals surface area contributed by atoms with Crippen LogP contribution in [0.4, 0.5) is 0 Å². The summed E-state index contributed by atoms with van der Waals surface area (Å²) in [5.41, 5.74) is 2.83. The highest BCUT2D eigenvalue weighted by atomic mass is 16.5. The monoisotopic (exact) mass is 367 g/mol. The highest BCUT2D eigenvalue weighted by molar-refractivity contribution is 5.80. The van der Waals surface area contributed by atoms with Gasteiger partial charge in [-0.3, -0.25) is 9.59 Å². The highest BCUT2D eigenvalue weighted by Crippen LogP contribution is 2.45. The van der Waals surface area contributed by atoms with Crippen molar-refractivity contribution in [2.24, 2.45) is 11.8 Å². The quantitative estimate of drug-likeness (QED) is 0.836. The molecule has 2 aliphatic heterocycles. The van der Waals surface area contributed by atoms with Gasteiger partial charge in [0.15, 0.2) is 0 Å². The number of aromatic nitrogens is 1. The minimum Gasteiger partial charge on any atom is -0.361 e. The van der Waals surface area contributed by atoms with Gasteiger partial charge in [0, 0.05) is 44.0 Å². The largest absolute Gasteiger partial charge is 0.361 e. The second-order valence-electron chi connectivity index (χ2n) is 7.73. The molecule has 0 unspecified atom stereocenters. The van der Waals surface area contributed by atoms with Crippen molar-refractivity contribution >= 4 is 11.8 Å². The van der Waals surface area contributed by atoms with E-state index in [1.54, 1.807) is 6.92 Å². The zero-order chi connectivity index (χ0) is 19.1. The smallest absolute Gasteiger partial charge is 0.227 e. The van der Waals surface area contributed by atoms with E-state index in [0.717, 1.165) is 16.8 Å². The normalized spacial score (nSPS) is 24.3. The predicted molar refractivity (Wildman–Crippen MR) is 99.8 cm³/mol. The van der Waals surface area contributed by atoms with Crippen LogP contribution in [0.1, 0.15) is 35.5 Å². The van der Waals surface area contributed by atoms with Crippen molar-refractivity contribution in [3.63, 3.8) is 0 Å². The van der Waals surface area contributed by atoms with Gasteiger partial charge in [-0.05, 0) is 19.4 Å². The van der Waals surface area contributed by atoms with Crippen LogP contribution in [0.15, 0.2) is 34.9 Å². The molecule has 2 amide bonds. The minimum atomic E-state index is 0.0468. The third-order valence-corrected chi connectivity index (χ3v) is 6.07. The lowest BCUT2D eigenvalue weighted by molar-refractivity contribution is -0.131. The molecule has 0 bridgehead atoms. The second-order valence-corrected chi connectivity index (χ2v) is 7.73. The fraction of sp³-hybridized carbons (Fsp3) is 0.476. The summed E-state index contributed by atoms with van der Waals surface area (Å²) in [6.45, 7) is 7.47. The molecule has 6 nitrogen and oxygen atoms in total. The molecule has 2 fully saturated rings. The Hall–Kier alpha value is -2.63. The summed E-state index contributed by atoms with van der Waals surface area (Å²) >= 11 is 0. The van der Waals surface area contributed by atoms with E-state index in [2.05, 4.69) is 17.3 Å². The maximum absolute atomic E-state index is 12.9. The molecule has 2 saturated heterocycles. The number of hydrogen-bond donors (Lipinski definition) is 0. The highest BCUT2D eigenvalue weighted by Gasteiger charge is 2.49. The maximum atomic E-state index is 12.9. The Kier molecular flexibility index (Phi) is 4.50. The molecular weight excluding hydrogens is 342 g/mol. The molecule has 1 aromatic carbocycles. The Morgan fingerprint density at radius 3 is 2.52 bits per heavy atom. The molecular formula is C21H25N3O3. The van der Waals surface area contributed by atoms with E-state index < -0.39 is 0 Å². The second kappa shape index (κ2) is 6.83. The van der Waals surface area contributed by atoms with Crippen LogP contribution >= 0.6 is 0 Å². The van der Waals surface area contributed by atoms with E-state index in [4.69, 9.17) is 4.52 Å². The van der Waals surface area contributed by atoms with Gasteiger partial charge in [0.2, 0.25) is 11.8 Å². The molecule has 0 saturated carbocycles. The lowest BCUT2D eigenvalue weighted by atomic mass is 9.89. The first-order valence-electron chi connectivity index (χ1n) is 9.47. The molecule has 2 aliphatic rings.